The van der Waals surface area contributed by atoms with Gasteiger partial charge >= 0.3 is 0 Å². The number of H-pyrrole nitrogens is 1. The highest BCUT2D eigenvalue weighted by Gasteiger charge is 2.43. The van der Waals surface area contributed by atoms with Crippen LogP contribution < -0.4 is 4.74 Å². The van der Waals surface area contributed by atoms with Gasteiger partial charge < -0.3 is 14.6 Å². The third kappa shape index (κ3) is 3.86. The molecule has 6 heteroatoms. The topological polar surface area (TPSA) is 61.5 Å². The maximum absolute atomic E-state index is 12.7. The molecule has 2 aliphatic rings. The number of nitrogens with zero attached hydrogens (tertiary/aromatic N) is 3. The fourth-order valence-corrected chi connectivity index (χ4v) is 4.59. The Morgan fingerprint density at radius 3 is 2.96 bits per heavy atom. The van der Waals surface area contributed by atoms with Crippen molar-refractivity contribution in [3.63, 3.8) is 0 Å². The van der Waals surface area contributed by atoms with Crippen molar-refractivity contribution in [3.05, 3.63) is 47.5 Å². The van der Waals surface area contributed by atoms with Crippen molar-refractivity contribution >= 4 is 5.91 Å². The Balaban J connectivity index is 1.41. The fraction of sp³-hybridized carbons (Fsp3) is 0.524. The molecule has 1 unspecified atom stereocenters. The van der Waals surface area contributed by atoms with Crippen LogP contribution >= 0.6 is 0 Å². The largest absolute Gasteiger partial charge is 0.497 e. The quantitative estimate of drug-likeness (QED) is 0.901. The van der Waals surface area contributed by atoms with Gasteiger partial charge in [0.25, 0.3) is 5.91 Å². The van der Waals surface area contributed by atoms with Crippen molar-refractivity contribution in [3.8, 4) is 5.75 Å². The smallest absolute Gasteiger partial charge is 0.289 e. The molecule has 0 saturated carbocycles. The number of aromatic amines is 1. The van der Waals surface area contributed by atoms with Gasteiger partial charge in [-0.25, -0.2) is 4.98 Å². The first-order valence-electron chi connectivity index (χ1n) is 9.73. The number of methoxy groups -OCH3 is 1. The lowest BCUT2D eigenvalue weighted by atomic mass is 9.79. The highest BCUT2D eigenvalue weighted by molar-refractivity contribution is 5.90. The number of aromatic nitrogens is 2. The van der Waals surface area contributed by atoms with Crippen LogP contribution in [0, 0.1) is 12.3 Å². The minimum absolute atomic E-state index is 0.0323. The van der Waals surface area contributed by atoms with E-state index < -0.39 is 0 Å². The van der Waals surface area contributed by atoms with Crippen molar-refractivity contribution in [2.45, 2.75) is 32.7 Å². The van der Waals surface area contributed by atoms with Gasteiger partial charge in [0, 0.05) is 43.5 Å². The van der Waals surface area contributed by atoms with Gasteiger partial charge in [0.1, 0.15) is 5.75 Å². The second-order valence-corrected chi connectivity index (χ2v) is 8.06. The van der Waals surface area contributed by atoms with Gasteiger partial charge in [0.05, 0.1) is 7.11 Å². The van der Waals surface area contributed by atoms with Gasteiger partial charge in [-0.1, -0.05) is 12.1 Å². The molecular weight excluding hydrogens is 340 g/mol. The van der Waals surface area contributed by atoms with Crippen molar-refractivity contribution in [1.82, 2.24) is 19.8 Å². The molecule has 6 nitrogen and oxygen atoms in total. The summed E-state index contributed by atoms with van der Waals surface area (Å²) in [5, 5.41) is 0. The minimum atomic E-state index is 0.0323. The van der Waals surface area contributed by atoms with E-state index in [0.717, 1.165) is 50.6 Å². The summed E-state index contributed by atoms with van der Waals surface area (Å²) >= 11 is 0. The number of nitrogens with one attached hydrogen (secondary N) is 1. The molecule has 2 aliphatic heterocycles. The maximum Gasteiger partial charge on any atom is 0.289 e. The van der Waals surface area contributed by atoms with E-state index in [-0.39, 0.29) is 11.3 Å². The summed E-state index contributed by atoms with van der Waals surface area (Å²) in [5.41, 5.74) is 2.42. The molecule has 1 N–H and O–H groups in total. The minimum Gasteiger partial charge on any atom is -0.497 e. The Morgan fingerprint density at radius 2 is 2.19 bits per heavy atom. The third-order valence-corrected chi connectivity index (χ3v) is 5.91. The van der Waals surface area contributed by atoms with Crippen molar-refractivity contribution in [2.75, 3.05) is 33.3 Å². The predicted octanol–water partition coefficient (Wildman–Crippen LogP) is 2.86. The molecule has 3 heterocycles. The zero-order valence-electron chi connectivity index (χ0n) is 16.2. The molecule has 0 bridgehead atoms. The Hall–Kier alpha value is -2.34. The number of likely N-dealkylation sites (tertiary alicyclic amines) is 2. The Bertz CT molecular complexity index is 818. The first-order valence-corrected chi connectivity index (χ1v) is 9.73. The highest BCUT2D eigenvalue weighted by atomic mass is 16.5. The molecule has 2 fully saturated rings. The van der Waals surface area contributed by atoms with Crippen LogP contribution in [0.4, 0.5) is 0 Å². The van der Waals surface area contributed by atoms with Gasteiger partial charge in [-0.05, 0) is 50.4 Å². The number of carbonyl (C=O) groups excluding carboxylic acids is 1. The van der Waals surface area contributed by atoms with Gasteiger partial charge in [-0.15, -0.1) is 0 Å². The predicted molar refractivity (Wildman–Crippen MR) is 104 cm³/mol. The van der Waals surface area contributed by atoms with E-state index in [2.05, 4.69) is 33.1 Å². The van der Waals surface area contributed by atoms with E-state index in [4.69, 9.17) is 4.74 Å². The first-order chi connectivity index (χ1) is 13.1. The number of rotatable bonds is 4. The first kappa shape index (κ1) is 18.0. The van der Waals surface area contributed by atoms with Crippen LogP contribution in [-0.4, -0.2) is 59.0 Å². The molecule has 1 amide bonds. The number of imidazole rings is 1. The molecule has 27 heavy (non-hydrogen) atoms. The second kappa shape index (κ2) is 7.35. The average molecular weight is 368 g/mol. The SMILES string of the molecule is COc1cccc(CN2CCCC3(CCN(C(=O)c4ncc(C)[nH]4)C3)C2)c1. The lowest BCUT2D eigenvalue weighted by Crippen LogP contribution is -2.45. The molecule has 1 aromatic carbocycles. The summed E-state index contributed by atoms with van der Waals surface area (Å²) in [5.74, 6) is 1.41. The fourth-order valence-electron chi connectivity index (χ4n) is 4.59. The third-order valence-electron chi connectivity index (χ3n) is 5.91. The number of piperidine rings is 1. The second-order valence-electron chi connectivity index (χ2n) is 8.06. The van der Waals surface area contributed by atoms with Gasteiger partial charge in [-0.3, -0.25) is 9.69 Å². The zero-order valence-corrected chi connectivity index (χ0v) is 16.2. The summed E-state index contributed by atoms with van der Waals surface area (Å²) in [6.07, 6.45) is 5.18. The zero-order chi connectivity index (χ0) is 18.9. The number of hydrogen-bond acceptors (Lipinski definition) is 4. The van der Waals surface area contributed by atoms with Crippen LogP contribution in [0.5, 0.6) is 5.75 Å². The number of amides is 1. The van der Waals surface area contributed by atoms with E-state index in [0.29, 0.717) is 5.82 Å². The van der Waals surface area contributed by atoms with Crippen LogP contribution in [0.1, 0.15) is 41.1 Å². The molecule has 1 aromatic heterocycles. The Morgan fingerprint density at radius 1 is 1.30 bits per heavy atom. The Kier molecular flexibility index (Phi) is 4.91. The van der Waals surface area contributed by atoms with Crippen molar-refractivity contribution < 1.29 is 9.53 Å². The molecule has 0 radical (unpaired) electrons. The van der Waals surface area contributed by atoms with E-state index in [1.54, 1.807) is 13.3 Å². The van der Waals surface area contributed by atoms with E-state index >= 15 is 0 Å². The molecule has 2 saturated heterocycles. The van der Waals surface area contributed by atoms with Crippen LogP contribution in [0.15, 0.2) is 30.5 Å². The van der Waals surface area contributed by atoms with Crippen LogP contribution in [0.3, 0.4) is 0 Å². The van der Waals surface area contributed by atoms with Gasteiger partial charge in [0.15, 0.2) is 5.82 Å². The number of aryl methyl sites for hydroxylation is 1. The van der Waals surface area contributed by atoms with Gasteiger partial charge in [0.2, 0.25) is 0 Å². The lowest BCUT2D eigenvalue weighted by molar-refractivity contribution is 0.0667. The standard InChI is InChI=1S/C21H28N4O2/c1-16-12-22-19(23-16)20(26)25-10-8-21(15-25)7-4-9-24(14-21)13-17-5-3-6-18(11-17)27-2/h3,5-6,11-12H,4,7-10,13-15H2,1-2H3,(H,22,23). The summed E-state index contributed by atoms with van der Waals surface area (Å²) in [6, 6.07) is 8.31. The summed E-state index contributed by atoms with van der Waals surface area (Å²) < 4.78 is 5.35. The highest BCUT2D eigenvalue weighted by Crippen LogP contribution is 2.39. The number of carbonyl (C=O) groups is 1. The van der Waals surface area contributed by atoms with Gasteiger partial charge in [-0.2, -0.15) is 0 Å². The monoisotopic (exact) mass is 368 g/mol. The number of hydrogen-bond donors (Lipinski definition) is 1. The van der Waals surface area contributed by atoms with Crippen LogP contribution in [-0.2, 0) is 6.54 Å². The van der Waals surface area contributed by atoms with Crippen LogP contribution in [0.2, 0.25) is 0 Å². The Labute approximate surface area is 160 Å². The molecule has 0 aliphatic carbocycles. The van der Waals surface area contributed by atoms with Crippen molar-refractivity contribution in [1.29, 1.82) is 0 Å². The van der Waals surface area contributed by atoms with E-state index in [9.17, 15) is 4.79 Å². The molecule has 4 rings (SSSR count). The normalized spacial score (nSPS) is 23.1. The molecule has 1 spiro atoms. The lowest BCUT2D eigenvalue weighted by Gasteiger charge is -2.40. The molecule has 1 atom stereocenters. The number of ether oxygens (including phenoxy) is 1. The van der Waals surface area contributed by atoms with E-state index in [1.165, 1.54) is 18.4 Å². The summed E-state index contributed by atoms with van der Waals surface area (Å²) in [6.45, 7) is 6.68. The summed E-state index contributed by atoms with van der Waals surface area (Å²) in [7, 11) is 1.71. The van der Waals surface area contributed by atoms with E-state index in [1.807, 2.05) is 17.9 Å². The average Bonchev–Trinajstić information content (AvgIpc) is 3.28. The molecule has 144 valence electrons. The molecular formula is C21H28N4O2. The van der Waals surface area contributed by atoms with Crippen molar-refractivity contribution in [2.24, 2.45) is 5.41 Å². The maximum atomic E-state index is 12.7. The number of benzene rings is 1. The summed E-state index contributed by atoms with van der Waals surface area (Å²) in [4.78, 5) is 24.5. The van der Waals surface area contributed by atoms with Crippen LogP contribution in [0.25, 0.3) is 0 Å². The molecule has 2 aromatic rings.